The fraction of sp³-hybridized carbons (Fsp3) is 0.269. The Morgan fingerprint density at radius 1 is 0.909 bits per heavy atom. The summed E-state index contributed by atoms with van der Waals surface area (Å²) in [6.45, 7) is 7.84. The van der Waals surface area contributed by atoms with Crippen LogP contribution in [0.15, 0.2) is 77.7 Å². The van der Waals surface area contributed by atoms with Crippen LogP contribution < -0.4 is 14.4 Å². The minimum absolute atomic E-state index is 0.140. The van der Waals surface area contributed by atoms with Gasteiger partial charge in [-0.25, -0.2) is 8.42 Å². The lowest BCUT2D eigenvalue weighted by Crippen LogP contribution is -2.41. The van der Waals surface area contributed by atoms with Crippen molar-refractivity contribution in [2.24, 2.45) is 0 Å². The molecule has 0 unspecified atom stereocenters. The molecule has 0 bridgehead atoms. The van der Waals surface area contributed by atoms with Crippen molar-refractivity contribution in [3.63, 3.8) is 0 Å². The van der Waals surface area contributed by atoms with Crippen LogP contribution in [0.4, 0.5) is 5.69 Å². The second-order valence-electron chi connectivity index (χ2n) is 7.95. The molecular formula is C26H30N2O4S. The number of aryl methyl sites for hydroxylation is 2. The Hall–Kier alpha value is -3.32. The maximum Gasteiger partial charge on any atom is 0.264 e. The Labute approximate surface area is 196 Å². The highest BCUT2D eigenvalue weighted by Crippen LogP contribution is 2.25. The minimum atomic E-state index is -3.94. The number of rotatable bonds is 9. The number of nitrogens with zero attached hydrogens (tertiary/aromatic N) is 1. The second-order valence-corrected chi connectivity index (χ2v) is 9.81. The van der Waals surface area contributed by atoms with Crippen LogP contribution in [0.1, 0.15) is 36.6 Å². The molecule has 0 aliphatic rings. The first kappa shape index (κ1) is 24.3. The lowest BCUT2D eigenvalue weighted by Gasteiger charge is -2.25. The fourth-order valence-corrected chi connectivity index (χ4v) is 4.80. The van der Waals surface area contributed by atoms with Gasteiger partial charge in [0.05, 0.1) is 23.2 Å². The van der Waals surface area contributed by atoms with E-state index in [0.29, 0.717) is 12.3 Å². The molecule has 0 fully saturated rings. The number of benzene rings is 3. The van der Waals surface area contributed by atoms with E-state index in [1.54, 1.807) is 36.4 Å². The van der Waals surface area contributed by atoms with E-state index < -0.39 is 15.9 Å². The molecule has 33 heavy (non-hydrogen) atoms. The van der Waals surface area contributed by atoms with Gasteiger partial charge >= 0.3 is 0 Å². The highest BCUT2D eigenvalue weighted by molar-refractivity contribution is 7.92. The van der Waals surface area contributed by atoms with Gasteiger partial charge in [-0.1, -0.05) is 47.5 Å². The van der Waals surface area contributed by atoms with Gasteiger partial charge < -0.3 is 10.1 Å². The minimum Gasteiger partial charge on any atom is -0.494 e. The number of ether oxygens (including phenoxy) is 1. The van der Waals surface area contributed by atoms with Crippen molar-refractivity contribution in [1.29, 1.82) is 0 Å². The van der Waals surface area contributed by atoms with Gasteiger partial charge in [-0.3, -0.25) is 9.10 Å². The molecule has 3 aromatic rings. The molecule has 0 saturated carbocycles. The molecule has 0 spiro atoms. The molecular weight excluding hydrogens is 436 g/mol. The largest absolute Gasteiger partial charge is 0.494 e. The van der Waals surface area contributed by atoms with Crippen LogP contribution in [-0.2, 0) is 14.8 Å². The van der Waals surface area contributed by atoms with E-state index in [2.05, 4.69) is 5.32 Å². The summed E-state index contributed by atoms with van der Waals surface area (Å²) in [6, 6.07) is 20.9. The maximum absolute atomic E-state index is 13.5. The van der Waals surface area contributed by atoms with Gasteiger partial charge in [0.1, 0.15) is 12.3 Å². The molecule has 7 heteroatoms. The average Bonchev–Trinajstić information content (AvgIpc) is 2.79. The van der Waals surface area contributed by atoms with Gasteiger partial charge in [0.15, 0.2) is 0 Å². The van der Waals surface area contributed by atoms with Crippen LogP contribution in [0.5, 0.6) is 5.75 Å². The molecule has 1 N–H and O–H groups in total. The zero-order chi connectivity index (χ0) is 24.0. The first-order chi connectivity index (χ1) is 15.7. The topological polar surface area (TPSA) is 75.7 Å². The molecule has 6 nitrogen and oxygen atoms in total. The molecule has 0 aliphatic carbocycles. The number of nitrogens with one attached hydrogen (secondary N) is 1. The van der Waals surface area contributed by atoms with Gasteiger partial charge in [0.2, 0.25) is 5.91 Å². The smallest absolute Gasteiger partial charge is 0.264 e. The average molecular weight is 467 g/mol. The maximum atomic E-state index is 13.5. The molecule has 0 aromatic heterocycles. The van der Waals surface area contributed by atoms with E-state index in [0.717, 1.165) is 26.7 Å². The predicted molar refractivity (Wildman–Crippen MR) is 131 cm³/mol. The molecule has 0 saturated heterocycles. The normalized spacial score (nSPS) is 12.1. The van der Waals surface area contributed by atoms with Crippen LogP contribution >= 0.6 is 0 Å². The number of amides is 1. The quantitative estimate of drug-likeness (QED) is 0.493. The van der Waals surface area contributed by atoms with Crippen molar-refractivity contribution in [3.05, 3.63) is 89.5 Å². The Morgan fingerprint density at radius 2 is 1.45 bits per heavy atom. The van der Waals surface area contributed by atoms with Gasteiger partial charge in [-0.05, 0) is 69.7 Å². The molecule has 0 radical (unpaired) electrons. The van der Waals surface area contributed by atoms with E-state index in [1.807, 2.05) is 64.1 Å². The van der Waals surface area contributed by atoms with Crippen LogP contribution in [0, 0.1) is 13.8 Å². The van der Waals surface area contributed by atoms with Crippen molar-refractivity contribution < 1.29 is 17.9 Å². The van der Waals surface area contributed by atoms with E-state index in [9.17, 15) is 13.2 Å². The molecule has 0 heterocycles. The highest BCUT2D eigenvalue weighted by atomic mass is 32.2. The van der Waals surface area contributed by atoms with E-state index in [1.165, 1.54) is 0 Å². The van der Waals surface area contributed by atoms with E-state index >= 15 is 0 Å². The zero-order valence-corrected chi connectivity index (χ0v) is 20.2. The van der Waals surface area contributed by atoms with Crippen molar-refractivity contribution in [1.82, 2.24) is 5.32 Å². The van der Waals surface area contributed by atoms with Gasteiger partial charge in [-0.2, -0.15) is 0 Å². The van der Waals surface area contributed by atoms with Gasteiger partial charge in [0.25, 0.3) is 10.0 Å². The third kappa shape index (κ3) is 6.14. The molecule has 3 rings (SSSR count). The summed E-state index contributed by atoms with van der Waals surface area (Å²) in [5.41, 5.74) is 3.29. The molecule has 0 aliphatic heterocycles. The third-order valence-corrected chi connectivity index (χ3v) is 7.07. The van der Waals surface area contributed by atoms with Crippen molar-refractivity contribution in [2.75, 3.05) is 17.5 Å². The number of carbonyl (C=O) groups is 1. The summed E-state index contributed by atoms with van der Waals surface area (Å²) in [5.74, 6) is 0.363. The van der Waals surface area contributed by atoms with E-state index in [4.69, 9.17) is 4.74 Å². The molecule has 3 aromatic carbocycles. The van der Waals surface area contributed by atoms with Crippen LogP contribution in [0.25, 0.3) is 0 Å². The molecule has 1 atom stereocenters. The Morgan fingerprint density at radius 3 is 2.00 bits per heavy atom. The van der Waals surface area contributed by atoms with Crippen LogP contribution in [-0.4, -0.2) is 27.5 Å². The third-order valence-electron chi connectivity index (χ3n) is 5.29. The fourth-order valence-electron chi connectivity index (χ4n) is 3.38. The summed E-state index contributed by atoms with van der Waals surface area (Å²) in [4.78, 5) is 13.1. The number of hydrogen-bond acceptors (Lipinski definition) is 4. The number of carbonyl (C=O) groups excluding carboxylic acids is 1. The van der Waals surface area contributed by atoms with Crippen molar-refractivity contribution in [3.8, 4) is 5.75 Å². The predicted octanol–water partition coefficient (Wildman–Crippen LogP) is 4.77. The number of sulfonamides is 1. The first-order valence-corrected chi connectivity index (χ1v) is 12.3. The monoisotopic (exact) mass is 466 g/mol. The lowest BCUT2D eigenvalue weighted by atomic mass is 10.1. The lowest BCUT2D eigenvalue weighted by molar-refractivity contribution is -0.120. The Bertz CT molecular complexity index is 1170. The Kier molecular flexibility index (Phi) is 7.76. The zero-order valence-electron chi connectivity index (χ0n) is 19.4. The first-order valence-electron chi connectivity index (χ1n) is 10.9. The molecule has 1 amide bonds. The van der Waals surface area contributed by atoms with Gasteiger partial charge in [-0.15, -0.1) is 0 Å². The van der Waals surface area contributed by atoms with E-state index in [-0.39, 0.29) is 17.5 Å². The molecule has 174 valence electrons. The number of hydrogen-bond donors (Lipinski definition) is 1. The van der Waals surface area contributed by atoms with Crippen molar-refractivity contribution in [2.45, 2.75) is 38.6 Å². The van der Waals surface area contributed by atoms with Crippen molar-refractivity contribution >= 4 is 21.6 Å². The number of anilines is 1. The summed E-state index contributed by atoms with van der Waals surface area (Å²) in [6.07, 6.45) is 0. The Balaban J connectivity index is 1.83. The summed E-state index contributed by atoms with van der Waals surface area (Å²) in [5, 5.41) is 2.91. The highest BCUT2D eigenvalue weighted by Gasteiger charge is 2.27. The SMILES string of the molecule is CCOc1ccc([C@@H](C)NC(=O)CN(c2ccc(C)cc2)S(=O)(=O)c2ccc(C)cc2)cc1. The second kappa shape index (κ2) is 10.5. The summed E-state index contributed by atoms with van der Waals surface area (Å²) >= 11 is 0. The van der Waals surface area contributed by atoms with Crippen LogP contribution in [0.2, 0.25) is 0 Å². The summed E-state index contributed by atoms with van der Waals surface area (Å²) < 4.78 is 33.5. The van der Waals surface area contributed by atoms with Crippen LogP contribution in [0.3, 0.4) is 0 Å². The van der Waals surface area contributed by atoms with Gasteiger partial charge in [0, 0.05) is 0 Å². The standard InChI is InChI=1S/C26H30N2O4S/c1-5-32-24-14-10-22(11-15-24)21(4)27-26(29)18-28(23-12-6-19(2)7-13-23)33(30,31)25-16-8-20(3)9-17-25/h6-17,21H,5,18H2,1-4H3,(H,27,29)/t21-/m1/s1. The summed E-state index contributed by atoms with van der Waals surface area (Å²) in [7, 11) is -3.94.